The minimum Gasteiger partial charge on any atom is -0.444 e. The van der Waals surface area contributed by atoms with Crippen LogP contribution in [0.4, 0.5) is 4.79 Å². The first-order valence-corrected chi connectivity index (χ1v) is 9.14. The van der Waals surface area contributed by atoms with E-state index in [2.05, 4.69) is 0 Å². The van der Waals surface area contributed by atoms with Crippen LogP contribution in [0.15, 0.2) is 24.3 Å². The highest BCUT2D eigenvalue weighted by Crippen LogP contribution is 2.26. The van der Waals surface area contributed by atoms with Gasteiger partial charge in [-0.3, -0.25) is 14.5 Å². The molecule has 3 amide bonds. The highest BCUT2D eigenvalue weighted by molar-refractivity contribution is 6.20. The lowest BCUT2D eigenvalue weighted by Crippen LogP contribution is -2.54. The van der Waals surface area contributed by atoms with Gasteiger partial charge in [0, 0.05) is 20.0 Å². The van der Waals surface area contributed by atoms with Gasteiger partial charge in [0.1, 0.15) is 11.6 Å². The van der Waals surface area contributed by atoms with Crippen LogP contribution in [0.3, 0.4) is 0 Å². The number of benzene rings is 1. The van der Waals surface area contributed by atoms with Crippen molar-refractivity contribution in [3.8, 4) is 0 Å². The van der Waals surface area contributed by atoms with Crippen LogP contribution in [0.2, 0.25) is 0 Å². The molecule has 2 heterocycles. The summed E-state index contributed by atoms with van der Waals surface area (Å²) in [6, 6.07) is 4.67. The second-order valence-corrected chi connectivity index (χ2v) is 7.81. The van der Waals surface area contributed by atoms with Crippen molar-refractivity contribution in [2.75, 3.05) is 13.6 Å². The van der Waals surface area contributed by atoms with Gasteiger partial charge in [0.05, 0.1) is 21.3 Å². The predicted octanol–water partition coefficient (Wildman–Crippen LogP) is 2.16. The van der Waals surface area contributed by atoms with E-state index in [9.17, 15) is 19.2 Å². The Morgan fingerprint density at radius 3 is 2.31 bits per heavy atom. The number of hydrogen-bond acceptors (Lipinski definition) is 7. The monoisotopic (exact) mass is 407 g/mol. The molecular formula is C20H24N2O7. The van der Waals surface area contributed by atoms with Gasteiger partial charge < -0.3 is 14.3 Å². The third-order valence-electron chi connectivity index (χ3n) is 4.56. The zero-order valence-electron chi connectivity index (χ0n) is 19.3. The lowest BCUT2D eigenvalue weighted by atomic mass is 10.00. The van der Waals surface area contributed by atoms with Gasteiger partial charge in [0.2, 0.25) is 0 Å². The van der Waals surface area contributed by atoms with Crippen LogP contribution in [0, 0.1) is 0 Å². The Labute approximate surface area is 172 Å². The van der Waals surface area contributed by atoms with E-state index in [0.717, 1.165) is 4.90 Å². The van der Waals surface area contributed by atoms with Crippen molar-refractivity contribution >= 4 is 23.9 Å². The van der Waals surface area contributed by atoms with Gasteiger partial charge in [0.25, 0.3) is 11.8 Å². The highest BCUT2D eigenvalue weighted by atomic mass is 16.7. The number of carbonyl (C=O) groups excluding carboxylic acids is 4. The molecule has 2 atom stereocenters. The quantitative estimate of drug-likeness (QED) is 0.708. The van der Waals surface area contributed by atoms with Crippen molar-refractivity contribution in [1.82, 2.24) is 9.96 Å². The average Bonchev–Trinajstić information content (AvgIpc) is 2.90. The summed E-state index contributed by atoms with van der Waals surface area (Å²) in [6.45, 7) is 4.92. The van der Waals surface area contributed by atoms with E-state index in [1.807, 2.05) is 0 Å². The van der Waals surface area contributed by atoms with Gasteiger partial charge in [-0.05, 0) is 39.3 Å². The van der Waals surface area contributed by atoms with Gasteiger partial charge in [0.15, 0.2) is 0 Å². The minimum atomic E-state index is -2.70. The molecule has 2 aliphatic heterocycles. The van der Waals surface area contributed by atoms with Crippen LogP contribution in [0.25, 0.3) is 0 Å². The first kappa shape index (κ1) is 17.0. The molecule has 0 aromatic heterocycles. The number of methoxy groups -OCH3 is 1. The first-order valence-electron chi connectivity index (χ1n) is 10.6. The summed E-state index contributed by atoms with van der Waals surface area (Å²) in [7, 11) is -2.70. The molecule has 0 N–H and O–H groups in total. The Kier molecular flexibility index (Phi) is 4.58. The second-order valence-electron chi connectivity index (χ2n) is 7.81. The van der Waals surface area contributed by atoms with Gasteiger partial charge in [-0.25, -0.2) is 9.59 Å². The third-order valence-corrected chi connectivity index (χ3v) is 4.56. The summed E-state index contributed by atoms with van der Waals surface area (Å²) in [5, 5.41) is 0.342. The molecular weight excluding hydrogens is 380 g/mol. The fourth-order valence-corrected chi connectivity index (χ4v) is 3.20. The number of carbonyl (C=O) groups is 4. The standard InChI is InChI=1S/C20H24N2O7/c1-20(2,3)28-19(26)21-10-9-12(27-4)11-15(21)18(25)29-22-16(23)13-7-5-6-8-14(13)17(22)24/h5-8,12,15H,9-11H2,1-4H3/i4D3. The molecule has 9 heteroatoms. The van der Waals surface area contributed by atoms with E-state index >= 15 is 0 Å². The van der Waals surface area contributed by atoms with Crippen molar-refractivity contribution in [2.24, 2.45) is 0 Å². The number of hydrogen-bond donors (Lipinski definition) is 0. The minimum absolute atomic E-state index is 0.0441. The molecule has 2 aliphatic rings. The summed E-state index contributed by atoms with van der Waals surface area (Å²) < 4.78 is 32.2. The van der Waals surface area contributed by atoms with E-state index in [4.69, 9.17) is 18.4 Å². The maximum absolute atomic E-state index is 13.0. The lowest BCUT2D eigenvalue weighted by Gasteiger charge is -2.38. The number of hydroxylamine groups is 2. The van der Waals surface area contributed by atoms with Crippen LogP contribution in [0.1, 0.15) is 58.4 Å². The van der Waals surface area contributed by atoms with Crippen LogP contribution in [-0.2, 0) is 19.1 Å². The number of likely N-dealkylation sites (tertiary alicyclic amines) is 1. The Bertz CT molecular complexity index is 907. The third kappa shape index (κ3) is 4.24. The number of amides is 3. The molecule has 0 spiro atoms. The molecule has 0 radical (unpaired) electrons. The molecule has 0 aliphatic carbocycles. The van der Waals surface area contributed by atoms with E-state index in [1.54, 1.807) is 32.9 Å². The molecule has 29 heavy (non-hydrogen) atoms. The van der Waals surface area contributed by atoms with E-state index < -0.39 is 48.7 Å². The topological polar surface area (TPSA) is 102 Å². The Balaban J connectivity index is 1.80. The number of ether oxygens (including phenoxy) is 2. The van der Waals surface area contributed by atoms with Crippen LogP contribution in [-0.4, -0.2) is 65.2 Å². The predicted molar refractivity (Wildman–Crippen MR) is 99.8 cm³/mol. The zero-order chi connectivity index (χ0) is 23.8. The SMILES string of the molecule is [2H]C([2H])([2H])OC1CCN(C(=O)OC(C)(C)C)C(C(=O)ON2C(=O)c3ccccc3C2=O)C1. The summed E-state index contributed by atoms with van der Waals surface area (Å²) >= 11 is 0. The fraction of sp³-hybridized carbons (Fsp3) is 0.500. The van der Waals surface area contributed by atoms with Crippen molar-refractivity contribution in [1.29, 1.82) is 0 Å². The average molecular weight is 407 g/mol. The number of nitrogens with zero attached hydrogens (tertiary/aromatic N) is 2. The van der Waals surface area contributed by atoms with Crippen molar-refractivity contribution in [3.63, 3.8) is 0 Å². The molecule has 1 fully saturated rings. The molecule has 9 nitrogen and oxygen atoms in total. The van der Waals surface area contributed by atoms with Crippen molar-refractivity contribution in [2.45, 2.75) is 51.4 Å². The van der Waals surface area contributed by atoms with Gasteiger partial charge >= 0.3 is 12.1 Å². The number of piperidine rings is 1. The summed E-state index contributed by atoms with van der Waals surface area (Å²) in [4.78, 5) is 56.8. The highest BCUT2D eigenvalue weighted by Gasteiger charge is 2.44. The number of imide groups is 1. The fourth-order valence-electron chi connectivity index (χ4n) is 3.20. The molecule has 0 saturated carbocycles. The molecule has 1 aromatic rings. The summed E-state index contributed by atoms with van der Waals surface area (Å²) in [6.07, 6.45) is -1.75. The van der Waals surface area contributed by atoms with Crippen LogP contribution < -0.4 is 0 Å². The molecule has 2 unspecified atom stereocenters. The Morgan fingerprint density at radius 1 is 1.14 bits per heavy atom. The van der Waals surface area contributed by atoms with E-state index in [0.29, 0.717) is 5.06 Å². The first-order chi connectivity index (χ1) is 14.8. The molecule has 0 bridgehead atoms. The van der Waals surface area contributed by atoms with Gasteiger partial charge in [-0.1, -0.05) is 17.2 Å². The van der Waals surface area contributed by atoms with Crippen molar-refractivity contribution in [3.05, 3.63) is 35.4 Å². The largest absolute Gasteiger partial charge is 0.444 e. The second kappa shape index (κ2) is 7.82. The van der Waals surface area contributed by atoms with Gasteiger partial charge in [-0.2, -0.15) is 0 Å². The van der Waals surface area contributed by atoms with Crippen LogP contribution >= 0.6 is 0 Å². The Hall–Kier alpha value is -2.94. The number of fused-ring (bicyclic) bond motifs is 1. The molecule has 156 valence electrons. The van der Waals surface area contributed by atoms with E-state index in [-0.39, 0.29) is 30.5 Å². The lowest BCUT2D eigenvalue weighted by molar-refractivity contribution is -0.177. The molecule has 1 aromatic carbocycles. The molecule has 3 rings (SSSR count). The summed E-state index contributed by atoms with van der Waals surface area (Å²) in [5.41, 5.74) is -0.678. The van der Waals surface area contributed by atoms with Crippen LogP contribution in [0.5, 0.6) is 0 Å². The van der Waals surface area contributed by atoms with Crippen molar-refractivity contribution < 1.29 is 37.6 Å². The smallest absolute Gasteiger partial charge is 0.411 e. The van der Waals surface area contributed by atoms with Gasteiger partial charge in [-0.15, -0.1) is 0 Å². The maximum atomic E-state index is 13.0. The number of rotatable bonds is 3. The maximum Gasteiger partial charge on any atom is 0.411 e. The normalized spacial score (nSPS) is 23.8. The zero-order valence-corrected chi connectivity index (χ0v) is 16.3. The molecule has 1 saturated heterocycles. The van der Waals surface area contributed by atoms with E-state index in [1.165, 1.54) is 12.1 Å². The Morgan fingerprint density at radius 2 is 1.76 bits per heavy atom. The summed E-state index contributed by atoms with van der Waals surface area (Å²) in [5.74, 6) is -2.70.